The number of nitrogens with one attached hydrogen (secondary N) is 1. The van der Waals surface area contributed by atoms with E-state index in [1.165, 1.54) is 0 Å². The zero-order chi connectivity index (χ0) is 18.3. The van der Waals surface area contributed by atoms with Crippen molar-refractivity contribution < 1.29 is 4.42 Å². The van der Waals surface area contributed by atoms with Gasteiger partial charge < -0.3 is 9.73 Å². The van der Waals surface area contributed by atoms with E-state index in [4.69, 9.17) is 4.42 Å². The molecule has 0 unspecified atom stereocenters. The summed E-state index contributed by atoms with van der Waals surface area (Å²) in [6.45, 7) is 1.99. The van der Waals surface area contributed by atoms with E-state index in [0.29, 0.717) is 5.89 Å². The van der Waals surface area contributed by atoms with E-state index >= 15 is 0 Å². The smallest absolute Gasteiger partial charge is 0.328 e. The summed E-state index contributed by atoms with van der Waals surface area (Å²) >= 11 is 0. The average Bonchev–Trinajstić information content (AvgIpc) is 3.24. The summed E-state index contributed by atoms with van der Waals surface area (Å²) in [5.74, 6) is 1.36. The molecule has 2 aromatic carbocycles. The molecule has 1 atom stereocenters. The highest BCUT2D eigenvalue weighted by atomic mass is 16.4. The van der Waals surface area contributed by atoms with Gasteiger partial charge in [0.1, 0.15) is 6.04 Å². The highest BCUT2D eigenvalue weighted by Crippen LogP contribution is 2.26. The first-order chi connectivity index (χ1) is 12.5. The summed E-state index contributed by atoms with van der Waals surface area (Å²) in [5, 5.41) is 3.39. The first kappa shape index (κ1) is 16.2. The van der Waals surface area contributed by atoms with E-state index in [1.807, 2.05) is 55.5 Å². The minimum Gasteiger partial charge on any atom is -0.438 e. The van der Waals surface area contributed by atoms with Crippen LogP contribution in [0, 0.1) is 0 Å². The number of rotatable bonds is 4. The van der Waals surface area contributed by atoms with Crippen LogP contribution in [0.4, 0.5) is 5.69 Å². The first-order valence-electron chi connectivity index (χ1n) is 8.48. The Kier molecular flexibility index (Phi) is 3.88. The lowest BCUT2D eigenvalue weighted by Crippen LogP contribution is -2.19. The first-order valence-corrected chi connectivity index (χ1v) is 8.48. The molecule has 0 bridgehead atoms. The lowest BCUT2D eigenvalue weighted by atomic mass is 10.2. The van der Waals surface area contributed by atoms with E-state index < -0.39 is 0 Å². The van der Waals surface area contributed by atoms with Gasteiger partial charge in [0.25, 0.3) is 0 Å². The fourth-order valence-electron chi connectivity index (χ4n) is 3.13. The van der Waals surface area contributed by atoms with Gasteiger partial charge in [-0.1, -0.05) is 30.3 Å². The fourth-order valence-corrected chi connectivity index (χ4v) is 3.13. The second-order valence-electron chi connectivity index (χ2n) is 6.40. The number of fused-ring (bicyclic) bond motifs is 1. The normalized spacial score (nSPS) is 12.4. The van der Waals surface area contributed by atoms with Crippen LogP contribution >= 0.6 is 0 Å². The maximum absolute atomic E-state index is 12.1. The molecule has 0 aliphatic carbocycles. The van der Waals surface area contributed by atoms with Crippen molar-refractivity contribution >= 4 is 16.7 Å². The highest BCUT2D eigenvalue weighted by molar-refractivity contribution is 5.80. The molecular weight excluding hydrogens is 328 g/mol. The molecule has 6 nitrogen and oxygen atoms in total. The molecule has 1 N–H and O–H groups in total. The van der Waals surface area contributed by atoms with Gasteiger partial charge in [-0.05, 0) is 25.1 Å². The summed E-state index contributed by atoms with van der Waals surface area (Å²) in [6.07, 6.45) is 1.74. The van der Waals surface area contributed by atoms with E-state index in [2.05, 4.69) is 10.3 Å². The Bertz CT molecular complexity index is 1120. The molecule has 4 rings (SSSR count). The molecule has 2 aromatic heterocycles. The quantitative estimate of drug-likeness (QED) is 0.611. The van der Waals surface area contributed by atoms with Crippen molar-refractivity contribution in [1.82, 2.24) is 14.1 Å². The molecule has 0 aliphatic heterocycles. The van der Waals surface area contributed by atoms with Crippen molar-refractivity contribution in [2.75, 3.05) is 5.32 Å². The molecule has 132 valence electrons. The summed E-state index contributed by atoms with van der Waals surface area (Å²) in [4.78, 5) is 16.5. The molecule has 0 radical (unpaired) electrons. The number of aryl methyl sites for hydroxylation is 2. The van der Waals surface area contributed by atoms with Crippen molar-refractivity contribution in [3.8, 4) is 11.3 Å². The van der Waals surface area contributed by atoms with Crippen molar-refractivity contribution in [1.29, 1.82) is 0 Å². The molecule has 4 aromatic rings. The van der Waals surface area contributed by atoms with Crippen LogP contribution in [0.25, 0.3) is 22.4 Å². The molecule has 0 amide bonds. The van der Waals surface area contributed by atoms with Crippen LogP contribution in [0.3, 0.4) is 0 Å². The number of anilines is 1. The third-order valence-electron chi connectivity index (χ3n) is 4.61. The maximum Gasteiger partial charge on any atom is 0.328 e. The van der Waals surface area contributed by atoms with E-state index in [1.54, 1.807) is 29.4 Å². The van der Waals surface area contributed by atoms with Crippen LogP contribution in [0.15, 0.2) is 63.9 Å². The average molecular weight is 348 g/mol. The van der Waals surface area contributed by atoms with Crippen molar-refractivity contribution in [3.05, 3.63) is 71.1 Å². The van der Waals surface area contributed by atoms with Crippen LogP contribution in [-0.2, 0) is 14.1 Å². The minimum atomic E-state index is -0.106. The number of imidazole rings is 1. The molecule has 2 heterocycles. The van der Waals surface area contributed by atoms with E-state index in [-0.39, 0.29) is 11.7 Å². The molecule has 0 saturated heterocycles. The second-order valence-corrected chi connectivity index (χ2v) is 6.40. The third-order valence-corrected chi connectivity index (χ3v) is 4.61. The molecule has 0 spiro atoms. The van der Waals surface area contributed by atoms with Crippen LogP contribution in [0.5, 0.6) is 0 Å². The summed E-state index contributed by atoms with van der Waals surface area (Å²) in [6, 6.07) is 15.7. The Morgan fingerprint density at radius 1 is 1.04 bits per heavy atom. The van der Waals surface area contributed by atoms with Crippen molar-refractivity contribution in [2.24, 2.45) is 14.1 Å². The Morgan fingerprint density at radius 2 is 1.77 bits per heavy atom. The predicted octanol–water partition coefficient (Wildman–Crippen LogP) is 3.71. The van der Waals surface area contributed by atoms with Gasteiger partial charge >= 0.3 is 5.69 Å². The van der Waals surface area contributed by atoms with Gasteiger partial charge in [-0.2, -0.15) is 0 Å². The Hall–Kier alpha value is -3.28. The van der Waals surface area contributed by atoms with Gasteiger partial charge in [0.2, 0.25) is 5.89 Å². The van der Waals surface area contributed by atoms with Gasteiger partial charge in [-0.25, -0.2) is 9.78 Å². The molecule has 26 heavy (non-hydrogen) atoms. The summed E-state index contributed by atoms with van der Waals surface area (Å²) in [7, 11) is 3.55. The lowest BCUT2D eigenvalue weighted by Gasteiger charge is -2.12. The molecule has 0 saturated carbocycles. The lowest BCUT2D eigenvalue weighted by molar-refractivity contribution is 0.485. The number of hydrogen-bond acceptors (Lipinski definition) is 4. The standard InChI is InChI=1S/C20H20N4O2/c1-13(19-21-12-18(26-19)14-7-5-4-6-8-14)22-15-9-10-16-17(11-15)24(3)20(25)23(16)2/h4-13,22H,1-3H3/t13-/m0/s1. The summed E-state index contributed by atoms with van der Waals surface area (Å²) in [5.41, 5.74) is 3.65. The fraction of sp³-hybridized carbons (Fsp3) is 0.200. The predicted molar refractivity (Wildman–Crippen MR) is 102 cm³/mol. The van der Waals surface area contributed by atoms with Gasteiger partial charge in [0.15, 0.2) is 5.76 Å². The van der Waals surface area contributed by atoms with Crippen LogP contribution < -0.4 is 11.0 Å². The maximum atomic E-state index is 12.1. The number of oxazole rings is 1. The molecular formula is C20H20N4O2. The van der Waals surface area contributed by atoms with Gasteiger partial charge in [0.05, 0.1) is 17.2 Å². The Balaban J connectivity index is 1.59. The number of nitrogens with zero attached hydrogens (tertiary/aromatic N) is 3. The molecule has 6 heteroatoms. The van der Waals surface area contributed by atoms with Crippen molar-refractivity contribution in [3.63, 3.8) is 0 Å². The second kappa shape index (κ2) is 6.22. The topological polar surface area (TPSA) is 65.0 Å². The molecule has 0 aliphatic rings. The van der Waals surface area contributed by atoms with E-state index in [0.717, 1.165) is 28.0 Å². The van der Waals surface area contributed by atoms with Crippen LogP contribution in [0.2, 0.25) is 0 Å². The van der Waals surface area contributed by atoms with Gasteiger partial charge in [0, 0.05) is 25.3 Å². The van der Waals surface area contributed by atoms with Crippen molar-refractivity contribution in [2.45, 2.75) is 13.0 Å². The number of benzene rings is 2. The minimum absolute atomic E-state index is 0.0367. The number of hydrogen-bond donors (Lipinski definition) is 1. The van der Waals surface area contributed by atoms with Crippen LogP contribution in [-0.4, -0.2) is 14.1 Å². The van der Waals surface area contributed by atoms with E-state index in [9.17, 15) is 4.79 Å². The number of aromatic nitrogens is 3. The zero-order valence-corrected chi connectivity index (χ0v) is 14.9. The third kappa shape index (κ3) is 2.69. The van der Waals surface area contributed by atoms with Crippen LogP contribution in [0.1, 0.15) is 18.9 Å². The monoisotopic (exact) mass is 348 g/mol. The molecule has 0 fully saturated rings. The largest absolute Gasteiger partial charge is 0.438 e. The zero-order valence-electron chi connectivity index (χ0n) is 14.9. The Morgan fingerprint density at radius 3 is 2.54 bits per heavy atom. The Labute approximate surface area is 150 Å². The highest BCUT2D eigenvalue weighted by Gasteiger charge is 2.14. The van der Waals surface area contributed by atoms with Gasteiger partial charge in [-0.3, -0.25) is 9.13 Å². The van der Waals surface area contributed by atoms with Gasteiger partial charge in [-0.15, -0.1) is 0 Å². The SMILES string of the molecule is C[C@H](Nc1ccc2c(c1)n(C)c(=O)n2C)c1ncc(-c2ccccc2)o1. The summed E-state index contributed by atoms with van der Waals surface area (Å²) < 4.78 is 9.19.